The summed E-state index contributed by atoms with van der Waals surface area (Å²) < 4.78 is 5.16. The molecule has 0 unspecified atom stereocenters. The van der Waals surface area contributed by atoms with Gasteiger partial charge < -0.3 is 10.1 Å². The largest absolute Gasteiger partial charge is 0.459 e. The van der Waals surface area contributed by atoms with Crippen LogP contribution in [0.3, 0.4) is 0 Å². The molecule has 0 saturated carbocycles. The minimum atomic E-state index is -0.684. The molecule has 1 aliphatic heterocycles. The molecule has 2 heterocycles. The van der Waals surface area contributed by atoms with Crippen molar-refractivity contribution in [1.82, 2.24) is 15.6 Å². The Morgan fingerprint density at radius 1 is 1.28 bits per heavy atom. The van der Waals surface area contributed by atoms with Crippen LogP contribution < -0.4 is 10.6 Å². The molecule has 2 N–H and O–H groups in total. The number of amides is 3. The lowest BCUT2D eigenvalue weighted by molar-refractivity contribution is -0.145. The van der Waals surface area contributed by atoms with Crippen LogP contribution >= 0.6 is 22.9 Å². The fourth-order valence-corrected chi connectivity index (χ4v) is 3.19. The zero-order valence-corrected chi connectivity index (χ0v) is 14.5. The quantitative estimate of drug-likeness (QED) is 0.593. The standard InChI is InChI=1S/C16H14ClN3O4S/c17-10-3-1-9(2-4-10)15-18-11(8-25-15)7-24-13(21)6-5-12-14(22)20-16(23)19-12/h1-4,8,12H,5-7H2,(H2,19,20,22,23)/t12-/m0/s1. The van der Waals surface area contributed by atoms with Crippen molar-refractivity contribution >= 4 is 40.8 Å². The Balaban J connectivity index is 1.47. The summed E-state index contributed by atoms with van der Waals surface area (Å²) in [7, 11) is 0. The summed E-state index contributed by atoms with van der Waals surface area (Å²) in [4.78, 5) is 38.5. The SMILES string of the molecule is O=C1NC(=O)[C@H](CCC(=O)OCc2csc(-c3ccc(Cl)cc3)n2)N1. The van der Waals surface area contributed by atoms with Crippen LogP contribution in [0.4, 0.5) is 4.79 Å². The molecule has 9 heteroatoms. The average molecular weight is 380 g/mol. The van der Waals surface area contributed by atoms with Crippen molar-refractivity contribution < 1.29 is 19.1 Å². The van der Waals surface area contributed by atoms with E-state index in [1.807, 2.05) is 17.5 Å². The van der Waals surface area contributed by atoms with Crippen molar-refractivity contribution in [3.8, 4) is 10.6 Å². The highest BCUT2D eigenvalue weighted by Gasteiger charge is 2.29. The predicted octanol–water partition coefficient (Wildman–Crippen LogP) is 2.49. The van der Waals surface area contributed by atoms with E-state index < -0.39 is 23.9 Å². The van der Waals surface area contributed by atoms with Gasteiger partial charge in [-0.1, -0.05) is 23.7 Å². The van der Waals surface area contributed by atoms with Gasteiger partial charge in [0.1, 0.15) is 17.7 Å². The average Bonchev–Trinajstić information content (AvgIpc) is 3.18. The summed E-state index contributed by atoms with van der Waals surface area (Å²) in [6, 6.07) is 6.10. The predicted molar refractivity (Wildman–Crippen MR) is 92.1 cm³/mol. The monoisotopic (exact) mass is 379 g/mol. The molecule has 130 valence electrons. The number of urea groups is 1. The Hall–Kier alpha value is -2.45. The zero-order valence-electron chi connectivity index (χ0n) is 13.0. The molecule has 1 saturated heterocycles. The Morgan fingerprint density at radius 2 is 2.04 bits per heavy atom. The number of halogens is 1. The normalized spacial score (nSPS) is 16.4. The molecule has 0 bridgehead atoms. The van der Waals surface area contributed by atoms with E-state index >= 15 is 0 Å². The zero-order chi connectivity index (χ0) is 17.8. The number of thiazole rings is 1. The van der Waals surface area contributed by atoms with Gasteiger partial charge in [0.05, 0.1) is 5.69 Å². The Bertz CT molecular complexity index is 806. The Kier molecular flexibility index (Phi) is 5.30. The summed E-state index contributed by atoms with van der Waals surface area (Å²) in [5.74, 6) is -0.875. The van der Waals surface area contributed by atoms with Gasteiger partial charge in [-0.05, 0) is 18.6 Å². The number of carbonyl (C=O) groups is 3. The lowest BCUT2D eigenvalue weighted by Crippen LogP contribution is -2.29. The van der Waals surface area contributed by atoms with E-state index in [0.29, 0.717) is 10.7 Å². The Labute approximate surface area is 152 Å². The van der Waals surface area contributed by atoms with Crippen molar-refractivity contribution in [3.05, 3.63) is 40.4 Å². The van der Waals surface area contributed by atoms with Gasteiger partial charge in [-0.25, -0.2) is 9.78 Å². The van der Waals surface area contributed by atoms with Gasteiger partial charge in [-0.15, -0.1) is 11.3 Å². The first-order valence-corrected chi connectivity index (χ1v) is 8.74. The van der Waals surface area contributed by atoms with Crippen LogP contribution in [0.15, 0.2) is 29.6 Å². The second kappa shape index (κ2) is 7.62. The van der Waals surface area contributed by atoms with Crippen molar-refractivity contribution in [2.75, 3.05) is 0 Å². The number of carbonyl (C=O) groups excluding carboxylic acids is 3. The van der Waals surface area contributed by atoms with Crippen LogP contribution in [0.5, 0.6) is 0 Å². The first-order valence-electron chi connectivity index (χ1n) is 7.48. The van der Waals surface area contributed by atoms with E-state index in [-0.39, 0.29) is 19.4 Å². The molecule has 0 radical (unpaired) electrons. The van der Waals surface area contributed by atoms with E-state index in [0.717, 1.165) is 10.6 Å². The molecule has 1 aromatic heterocycles. The molecule has 2 aromatic rings. The van der Waals surface area contributed by atoms with Gasteiger partial charge in [0.25, 0.3) is 5.91 Å². The number of imide groups is 1. The van der Waals surface area contributed by atoms with Crippen LogP contribution in [0.1, 0.15) is 18.5 Å². The maximum absolute atomic E-state index is 11.8. The number of rotatable bonds is 6. The first-order chi connectivity index (χ1) is 12.0. The minimum Gasteiger partial charge on any atom is -0.459 e. The van der Waals surface area contributed by atoms with Crippen LogP contribution in [-0.2, 0) is 20.9 Å². The molecule has 1 atom stereocenters. The maximum atomic E-state index is 11.8. The number of hydrogen-bond acceptors (Lipinski definition) is 6. The second-order valence-electron chi connectivity index (χ2n) is 5.37. The number of esters is 1. The highest BCUT2D eigenvalue weighted by atomic mass is 35.5. The minimum absolute atomic E-state index is 0.0343. The molecule has 0 spiro atoms. The van der Waals surface area contributed by atoms with Gasteiger partial charge in [-0.2, -0.15) is 0 Å². The van der Waals surface area contributed by atoms with Crippen LogP contribution in [0.25, 0.3) is 10.6 Å². The summed E-state index contributed by atoms with van der Waals surface area (Å²) in [6.45, 7) is 0.0617. The molecule has 7 nitrogen and oxygen atoms in total. The molecule has 1 aliphatic rings. The fourth-order valence-electron chi connectivity index (χ4n) is 2.25. The van der Waals surface area contributed by atoms with Gasteiger partial charge in [0.15, 0.2) is 0 Å². The number of aromatic nitrogens is 1. The highest BCUT2D eigenvalue weighted by molar-refractivity contribution is 7.13. The van der Waals surface area contributed by atoms with E-state index in [4.69, 9.17) is 16.3 Å². The number of nitrogens with zero attached hydrogens (tertiary/aromatic N) is 1. The van der Waals surface area contributed by atoms with E-state index in [2.05, 4.69) is 15.6 Å². The molecule has 1 fully saturated rings. The van der Waals surface area contributed by atoms with E-state index in [1.165, 1.54) is 11.3 Å². The molecular weight excluding hydrogens is 366 g/mol. The molecule has 1 aromatic carbocycles. The second-order valence-corrected chi connectivity index (χ2v) is 6.66. The third kappa shape index (κ3) is 4.55. The van der Waals surface area contributed by atoms with Crippen molar-refractivity contribution in [2.24, 2.45) is 0 Å². The van der Waals surface area contributed by atoms with Crippen LogP contribution in [0.2, 0.25) is 5.02 Å². The molecule has 3 rings (SSSR count). The van der Waals surface area contributed by atoms with Crippen LogP contribution in [-0.4, -0.2) is 28.9 Å². The van der Waals surface area contributed by atoms with E-state index in [1.54, 1.807) is 12.1 Å². The van der Waals surface area contributed by atoms with E-state index in [9.17, 15) is 14.4 Å². The van der Waals surface area contributed by atoms with Gasteiger partial charge >= 0.3 is 12.0 Å². The third-order valence-electron chi connectivity index (χ3n) is 3.52. The first kappa shape index (κ1) is 17.4. The number of ether oxygens (including phenoxy) is 1. The summed E-state index contributed by atoms with van der Waals surface area (Å²) in [5, 5.41) is 7.83. The van der Waals surface area contributed by atoms with Gasteiger partial charge in [-0.3, -0.25) is 14.9 Å². The lowest BCUT2D eigenvalue weighted by Gasteiger charge is -2.06. The topological polar surface area (TPSA) is 97.4 Å². The van der Waals surface area contributed by atoms with Crippen LogP contribution in [0, 0.1) is 0 Å². The summed E-state index contributed by atoms with van der Waals surface area (Å²) >= 11 is 7.31. The fraction of sp³-hybridized carbons (Fsp3) is 0.250. The third-order valence-corrected chi connectivity index (χ3v) is 4.71. The number of benzene rings is 1. The smallest absolute Gasteiger partial charge is 0.322 e. The molecule has 3 amide bonds. The van der Waals surface area contributed by atoms with Gasteiger partial charge in [0.2, 0.25) is 0 Å². The van der Waals surface area contributed by atoms with Crippen molar-refractivity contribution in [1.29, 1.82) is 0 Å². The van der Waals surface area contributed by atoms with Crippen molar-refractivity contribution in [2.45, 2.75) is 25.5 Å². The lowest BCUT2D eigenvalue weighted by atomic mass is 10.1. The molecule has 25 heavy (non-hydrogen) atoms. The van der Waals surface area contributed by atoms with Gasteiger partial charge in [0, 0.05) is 22.4 Å². The summed E-state index contributed by atoms with van der Waals surface area (Å²) in [6.07, 6.45) is 0.232. The molecule has 0 aliphatic carbocycles. The Morgan fingerprint density at radius 3 is 2.72 bits per heavy atom. The number of hydrogen-bond donors (Lipinski definition) is 2. The van der Waals surface area contributed by atoms with Crippen molar-refractivity contribution in [3.63, 3.8) is 0 Å². The number of nitrogens with one attached hydrogen (secondary N) is 2. The maximum Gasteiger partial charge on any atom is 0.322 e. The highest BCUT2D eigenvalue weighted by Crippen LogP contribution is 2.25. The summed E-state index contributed by atoms with van der Waals surface area (Å²) in [5.41, 5.74) is 1.59. The molecular formula is C16H14ClN3O4S.